The lowest BCUT2D eigenvalue weighted by Crippen LogP contribution is -2.28. The van der Waals surface area contributed by atoms with Crippen LogP contribution in [0.3, 0.4) is 0 Å². The van der Waals surface area contributed by atoms with E-state index in [2.05, 4.69) is 21.5 Å². The first-order chi connectivity index (χ1) is 12.0. The highest BCUT2D eigenvalue weighted by atomic mass is 16.5. The fourth-order valence-corrected chi connectivity index (χ4v) is 3.52. The number of hydrogen-bond donors (Lipinski definition) is 1. The standard InChI is InChI=1S/C19H26N4O2/c1-12-9-16(20-4)10-18(21-12)15-7-8-23(11-15)19(24)6-5-17-13(2)22-25-14(17)3/h9-10,15H,5-8,11H2,1-4H3,(H,20,21). The second-order valence-corrected chi connectivity index (χ2v) is 6.80. The Morgan fingerprint density at radius 1 is 1.36 bits per heavy atom. The Morgan fingerprint density at radius 3 is 2.84 bits per heavy atom. The summed E-state index contributed by atoms with van der Waals surface area (Å²) < 4.78 is 5.17. The molecule has 0 aliphatic carbocycles. The van der Waals surface area contributed by atoms with Crippen molar-refractivity contribution in [2.24, 2.45) is 0 Å². The maximum Gasteiger partial charge on any atom is 0.222 e. The summed E-state index contributed by atoms with van der Waals surface area (Å²) in [4.78, 5) is 19.2. The molecule has 1 saturated heterocycles. The van der Waals surface area contributed by atoms with Crippen LogP contribution in [-0.2, 0) is 11.2 Å². The molecule has 2 aromatic rings. The molecule has 134 valence electrons. The summed E-state index contributed by atoms with van der Waals surface area (Å²) in [6, 6.07) is 4.13. The molecule has 3 heterocycles. The summed E-state index contributed by atoms with van der Waals surface area (Å²) in [5.74, 6) is 1.33. The molecule has 0 radical (unpaired) electrons. The van der Waals surface area contributed by atoms with E-state index in [0.29, 0.717) is 18.8 Å². The van der Waals surface area contributed by atoms with Crippen molar-refractivity contribution in [1.29, 1.82) is 0 Å². The normalized spacial score (nSPS) is 17.1. The number of amides is 1. The van der Waals surface area contributed by atoms with Gasteiger partial charge in [-0.25, -0.2) is 0 Å². The van der Waals surface area contributed by atoms with Gasteiger partial charge in [-0.15, -0.1) is 0 Å². The average Bonchev–Trinajstić information content (AvgIpc) is 3.20. The minimum absolute atomic E-state index is 0.198. The number of aryl methyl sites for hydroxylation is 3. The molecule has 1 unspecified atom stereocenters. The lowest BCUT2D eigenvalue weighted by molar-refractivity contribution is -0.130. The van der Waals surface area contributed by atoms with Crippen molar-refractivity contribution in [2.45, 2.75) is 46.0 Å². The van der Waals surface area contributed by atoms with Crippen molar-refractivity contribution in [2.75, 3.05) is 25.5 Å². The predicted molar refractivity (Wildman–Crippen MR) is 96.8 cm³/mol. The second kappa shape index (κ2) is 7.25. The zero-order valence-electron chi connectivity index (χ0n) is 15.4. The molecule has 0 aromatic carbocycles. The quantitative estimate of drug-likeness (QED) is 0.904. The van der Waals surface area contributed by atoms with Gasteiger partial charge in [0.05, 0.1) is 5.69 Å². The third-order valence-corrected chi connectivity index (χ3v) is 4.99. The van der Waals surface area contributed by atoms with Gasteiger partial charge < -0.3 is 14.7 Å². The third-order valence-electron chi connectivity index (χ3n) is 4.99. The summed E-state index contributed by atoms with van der Waals surface area (Å²) in [6.45, 7) is 7.38. The van der Waals surface area contributed by atoms with Crippen LogP contribution in [0.4, 0.5) is 5.69 Å². The number of pyridine rings is 1. The lowest BCUT2D eigenvalue weighted by Gasteiger charge is -2.17. The van der Waals surface area contributed by atoms with Gasteiger partial charge >= 0.3 is 0 Å². The van der Waals surface area contributed by atoms with Gasteiger partial charge in [-0.2, -0.15) is 0 Å². The maximum atomic E-state index is 12.6. The van der Waals surface area contributed by atoms with Crippen LogP contribution in [0.5, 0.6) is 0 Å². The van der Waals surface area contributed by atoms with Gasteiger partial charge in [0.2, 0.25) is 5.91 Å². The van der Waals surface area contributed by atoms with Crippen LogP contribution in [0, 0.1) is 20.8 Å². The van der Waals surface area contributed by atoms with Crippen LogP contribution in [0.2, 0.25) is 0 Å². The third kappa shape index (κ3) is 3.83. The van der Waals surface area contributed by atoms with Crippen molar-refractivity contribution >= 4 is 11.6 Å². The molecule has 1 amide bonds. The first kappa shape index (κ1) is 17.5. The first-order valence-corrected chi connectivity index (χ1v) is 8.83. The van der Waals surface area contributed by atoms with Crippen LogP contribution in [-0.4, -0.2) is 41.1 Å². The molecule has 25 heavy (non-hydrogen) atoms. The topological polar surface area (TPSA) is 71.3 Å². The Labute approximate surface area is 148 Å². The van der Waals surface area contributed by atoms with E-state index in [-0.39, 0.29) is 5.91 Å². The monoisotopic (exact) mass is 342 g/mol. The molecular formula is C19H26N4O2. The molecule has 0 spiro atoms. The Hall–Kier alpha value is -2.37. The van der Waals surface area contributed by atoms with Gasteiger partial charge in [0.25, 0.3) is 0 Å². The van der Waals surface area contributed by atoms with Crippen LogP contribution in [0.1, 0.15) is 47.2 Å². The summed E-state index contributed by atoms with van der Waals surface area (Å²) in [5, 5.41) is 7.13. The molecule has 1 aliphatic rings. The number of anilines is 1. The average molecular weight is 342 g/mol. The summed E-state index contributed by atoms with van der Waals surface area (Å²) in [6.07, 6.45) is 2.16. The van der Waals surface area contributed by atoms with Gasteiger partial charge in [0.15, 0.2) is 0 Å². The molecule has 0 bridgehead atoms. The molecule has 6 heteroatoms. The van der Waals surface area contributed by atoms with Crippen molar-refractivity contribution < 1.29 is 9.32 Å². The van der Waals surface area contributed by atoms with Gasteiger partial charge in [-0.05, 0) is 45.7 Å². The van der Waals surface area contributed by atoms with Gasteiger partial charge in [-0.1, -0.05) is 5.16 Å². The Morgan fingerprint density at radius 2 is 2.16 bits per heavy atom. The zero-order chi connectivity index (χ0) is 18.0. The number of nitrogens with one attached hydrogen (secondary N) is 1. The fourth-order valence-electron chi connectivity index (χ4n) is 3.52. The Bertz CT molecular complexity index is 749. The minimum atomic E-state index is 0.198. The van der Waals surface area contributed by atoms with Crippen molar-refractivity contribution in [3.63, 3.8) is 0 Å². The van der Waals surface area contributed by atoms with E-state index in [1.807, 2.05) is 38.8 Å². The molecule has 1 N–H and O–H groups in total. The van der Waals surface area contributed by atoms with Gasteiger partial charge in [0.1, 0.15) is 5.76 Å². The maximum absolute atomic E-state index is 12.6. The smallest absolute Gasteiger partial charge is 0.222 e. The van der Waals surface area contributed by atoms with Gasteiger partial charge in [0, 0.05) is 55.1 Å². The second-order valence-electron chi connectivity index (χ2n) is 6.80. The first-order valence-electron chi connectivity index (χ1n) is 8.83. The van der Waals surface area contributed by atoms with E-state index in [4.69, 9.17) is 4.52 Å². The zero-order valence-corrected chi connectivity index (χ0v) is 15.4. The number of aromatic nitrogens is 2. The van der Waals surface area contributed by atoms with E-state index in [1.54, 1.807) is 0 Å². The fraction of sp³-hybridized carbons (Fsp3) is 0.526. The van der Waals surface area contributed by atoms with Crippen LogP contribution in [0.25, 0.3) is 0 Å². The van der Waals surface area contributed by atoms with E-state index in [9.17, 15) is 4.79 Å². The van der Waals surface area contributed by atoms with E-state index < -0.39 is 0 Å². The number of nitrogens with zero attached hydrogens (tertiary/aromatic N) is 3. The number of rotatable bonds is 5. The summed E-state index contributed by atoms with van der Waals surface area (Å²) >= 11 is 0. The van der Waals surface area contributed by atoms with Crippen molar-refractivity contribution in [3.05, 3.63) is 40.5 Å². The molecule has 1 fully saturated rings. The van der Waals surface area contributed by atoms with Crippen molar-refractivity contribution in [1.82, 2.24) is 15.0 Å². The van der Waals surface area contributed by atoms with E-state index >= 15 is 0 Å². The van der Waals surface area contributed by atoms with Crippen LogP contribution in [0.15, 0.2) is 16.7 Å². The number of likely N-dealkylation sites (tertiary alicyclic amines) is 1. The molecule has 2 aromatic heterocycles. The SMILES string of the molecule is CNc1cc(C)nc(C2CCN(C(=O)CCc3c(C)noc3C)C2)c1. The lowest BCUT2D eigenvalue weighted by atomic mass is 10.0. The molecular weight excluding hydrogens is 316 g/mol. The summed E-state index contributed by atoms with van der Waals surface area (Å²) in [5.41, 5.74) is 5.09. The molecule has 1 atom stereocenters. The van der Waals surface area contributed by atoms with E-state index in [0.717, 1.165) is 53.6 Å². The summed E-state index contributed by atoms with van der Waals surface area (Å²) in [7, 11) is 1.91. The van der Waals surface area contributed by atoms with Crippen LogP contribution >= 0.6 is 0 Å². The van der Waals surface area contributed by atoms with Crippen LogP contribution < -0.4 is 5.32 Å². The Balaban J connectivity index is 1.60. The molecule has 6 nitrogen and oxygen atoms in total. The predicted octanol–water partition coefficient (Wildman–Crippen LogP) is 2.99. The molecule has 3 rings (SSSR count). The molecule has 1 aliphatic heterocycles. The highest BCUT2D eigenvalue weighted by molar-refractivity contribution is 5.77. The van der Waals surface area contributed by atoms with Gasteiger partial charge in [-0.3, -0.25) is 9.78 Å². The number of hydrogen-bond acceptors (Lipinski definition) is 5. The number of carbonyl (C=O) groups excluding carboxylic acids is 1. The number of carbonyl (C=O) groups is 1. The minimum Gasteiger partial charge on any atom is -0.388 e. The Kier molecular flexibility index (Phi) is 5.06. The largest absolute Gasteiger partial charge is 0.388 e. The van der Waals surface area contributed by atoms with Crippen molar-refractivity contribution in [3.8, 4) is 0 Å². The molecule has 0 saturated carbocycles. The highest BCUT2D eigenvalue weighted by Gasteiger charge is 2.28. The highest BCUT2D eigenvalue weighted by Crippen LogP contribution is 2.28. The van der Waals surface area contributed by atoms with E-state index in [1.165, 1.54) is 0 Å².